The number of aryl methyl sites for hydroxylation is 2. The van der Waals surface area contributed by atoms with Crippen LogP contribution in [0.3, 0.4) is 0 Å². The molecule has 27 heavy (non-hydrogen) atoms. The van der Waals surface area contributed by atoms with Crippen LogP contribution in [0.5, 0.6) is 0 Å². The summed E-state index contributed by atoms with van der Waals surface area (Å²) >= 11 is 0. The van der Waals surface area contributed by atoms with Crippen LogP contribution < -0.4 is 15.5 Å². The van der Waals surface area contributed by atoms with Gasteiger partial charge in [-0.05, 0) is 42.5 Å². The van der Waals surface area contributed by atoms with E-state index in [-0.39, 0.29) is 24.9 Å². The number of carbonyl (C=O) groups excluding carboxylic acids is 2. The molecule has 1 fully saturated rings. The van der Waals surface area contributed by atoms with Gasteiger partial charge in [0.25, 0.3) is 5.91 Å². The lowest BCUT2D eigenvalue weighted by Gasteiger charge is -2.31. The first-order valence-corrected chi connectivity index (χ1v) is 10.8. The fourth-order valence-electron chi connectivity index (χ4n) is 3.63. The van der Waals surface area contributed by atoms with E-state index in [1.165, 1.54) is 16.9 Å². The molecule has 148 valence electrons. The molecule has 1 saturated heterocycles. The Bertz CT molecular complexity index is 817. The summed E-state index contributed by atoms with van der Waals surface area (Å²) in [5.74, 6) is -0.452. The molecule has 1 heterocycles. The van der Waals surface area contributed by atoms with Crippen molar-refractivity contribution < 1.29 is 22.9 Å². The summed E-state index contributed by atoms with van der Waals surface area (Å²) in [6.45, 7) is 2.11. The van der Waals surface area contributed by atoms with Crippen LogP contribution in [0.2, 0.25) is 0 Å². The molecule has 1 aromatic rings. The second-order valence-electron chi connectivity index (χ2n) is 7.06. The van der Waals surface area contributed by atoms with Gasteiger partial charge in [-0.3, -0.25) is 9.59 Å². The second kappa shape index (κ2) is 8.37. The Kier molecular flexibility index (Phi) is 6.13. The number of rotatable bonds is 6. The van der Waals surface area contributed by atoms with Crippen molar-refractivity contribution >= 4 is 21.8 Å². The summed E-state index contributed by atoms with van der Waals surface area (Å²) in [5.41, 5.74) is 2.40. The predicted molar refractivity (Wildman–Crippen MR) is 99.9 cm³/mol. The maximum Gasteiger partial charge on any atom is 0.275 e. The minimum absolute atomic E-state index is 0.0402. The topological polar surface area (TPSA) is 100 Å². The van der Waals surface area contributed by atoms with Crippen molar-refractivity contribution in [1.82, 2.24) is 14.9 Å². The molecule has 0 radical (unpaired) electrons. The zero-order chi connectivity index (χ0) is 19.4. The quantitative estimate of drug-likeness (QED) is 0.515. The third-order valence-electron chi connectivity index (χ3n) is 5.27. The lowest BCUT2D eigenvalue weighted by atomic mass is 10.1. The number of nitrogens with one attached hydrogen (secondary N) is 3. The lowest BCUT2D eigenvalue weighted by molar-refractivity contribution is -0.895. The van der Waals surface area contributed by atoms with E-state index in [9.17, 15) is 18.0 Å². The van der Waals surface area contributed by atoms with E-state index >= 15 is 0 Å². The van der Waals surface area contributed by atoms with Gasteiger partial charge in [0.2, 0.25) is 15.9 Å². The highest BCUT2D eigenvalue weighted by Gasteiger charge is 2.31. The van der Waals surface area contributed by atoms with Gasteiger partial charge in [-0.25, -0.2) is 8.42 Å². The molecular weight excluding hydrogens is 368 g/mol. The molecule has 0 atom stereocenters. The molecular formula is C18H27N4O4S+. The SMILES string of the molecule is CNC(=O)CNC(=O)C[NH+]1CCN(S(=O)(=O)c2ccc3c(c2)CCC3)CC1. The van der Waals surface area contributed by atoms with E-state index in [2.05, 4.69) is 10.6 Å². The van der Waals surface area contributed by atoms with Gasteiger partial charge in [-0.1, -0.05) is 6.07 Å². The molecule has 0 saturated carbocycles. The standard InChI is InChI=1S/C18H26N4O4S/c1-19-17(23)12-20-18(24)13-21-7-9-22(10-8-21)27(25,26)16-6-5-14-3-2-4-15(14)11-16/h5-6,11H,2-4,7-10,12-13H2,1H3,(H,19,23)(H,20,24)/p+1. The highest BCUT2D eigenvalue weighted by Crippen LogP contribution is 2.26. The number of hydrogen-bond donors (Lipinski definition) is 3. The summed E-state index contributed by atoms with van der Waals surface area (Å²) in [4.78, 5) is 24.4. The van der Waals surface area contributed by atoms with Crippen molar-refractivity contribution in [3.8, 4) is 0 Å². The van der Waals surface area contributed by atoms with Crippen LogP contribution in [0.4, 0.5) is 0 Å². The molecule has 0 aromatic heterocycles. The van der Waals surface area contributed by atoms with Gasteiger partial charge in [0.1, 0.15) is 0 Å². The third-order valence-corrected chi connectivity index (χ3v) is 7.17. The number of fused-ring (bicyclic) bond motifs is 1. The van der Waals surface area contributed by atoms with Gasteiger partial charge in [0.15, 0.2) is 6.54 Å². The summed E-state index contributed by atoms with van der Waals surface area (Å²) in [6, 6.07) is 5.47. The molecule has 3 rings (SSSR count). The van der Waals surface area contributed by atoms with Gasteiger partial charge >= 0.3 is 0 Å². The maximum atomic E-state index is 12.9. The first kappa shape index (κ1) is 19.8. The van der Waals surface area contributed by atoms with Crippen molar-refractivity contribution in [2.24, 2.45) is 0 Å². The van der Waals surface area contributed by atoms with E-state index in [0.717, 1.165) is 29.7 Å². The average molecular weight is 396 g/mol. The van der Waals surface area contributed by atoms with Crippen molar-refractivity contribution in [2.45, 2.75) is 24.2 Å². The van der Waals surface area contributed by atoms with Crippen molar-refractivity contribution in [3.05, 3.63) is 29.3 Å². The number of nitrogens with zero attached hydrogens (tertiary/aromatic N) is 1. The van der Waals surface area contributed by atoms with Crippen molar-refractivity contribution in [1.29, 1.82) is 0 Å². The number of piperazine rings is 1. The van der Waals surface area contributed by atoms with E-state index in [1.54, 1.807) is 6.07 Å². The average Bonchev–Trinajstić information content (AvgIpc) is 3.14. The van der Waals surface area contributed by atoms with Crippen LogP contribution >= 0.6 is 0 Å². The number of sulfonamides is 1. The summed E-state index contributed by atoms with van der Waals surface area (Å²) < 4.78 is 27.3. The van der Waals surface area contributed by atoms with E-state index in [4.69, 9.17) is 0 Å². The number of hydrogen-bond acceptors (Lipinski definition) is 4. The molecule has 0 bridgehead atoms. The Balaban J connectivity index is 1.54. The molecule has 3 N–H and O–H groups in total. The fourth-order valence-corrected chi connectivity index (χ4v) is 5.13. The zero-order valence-electron chi connectivity index (χ0n) is 15.6. The van der Waals surface area contributed by atoms with Gasteiger partial charge in [0.05, 0.1) is 37.6 Å². The molecule has 1 aliphatic heterocycles. The van der Waals surface area contributed by atoms with E-state index in [1.807, 2.05) is 12.1 Å². The normalized spacial score (nSPS) is 18.1. The fraction of sp³-hybridized carbons (Fsp3) is 0.556. The molecule has 8 nitrogen and oxygen atoms in total. The van der Waals surface area contributed by atoms with Crippen LogP contribution in [-0.4, -0.2) is 70.9 Å². The minimum atomic E-state index is -3.49. The maximum absolute atomic E-state index is 12.9. The van der Waals surface area contributed by atoms with Crippen LogP contribution in [0, 0.1) is 0 Å². The molecule has 2 aliphatic rings. The van der Waals surface area contributed by atoms with Gasteiger partial charge < -0.3 is 15.5 Å². The third kappa shape index (κ3) is 4.66. The van der Waals surface area contributed by atoms with Crippen LogP contribution in [0.15, 0.2) is 23.1 Å². The van der Waals surface area contributed by atoms with Crippen molar-refractivity contribution in [3.63, 3.8) is 0 Å². The molecule has 1 aromatic carbocycles. The highest BCUT2D eigenvalue weighted by molar-refractivity contribution is 7.89. The minimum Gasteiger partial charge on any atom is -0.358 e. The van der Waals surface area contributed by atoms with Crippen LogP contribution in [0.1, 0.15) is 17.5 Å². The second-order valence-corrected chi connectivity index (χ2v) is 9.00. The number of carbonyl (C=O) groups is 2. The van der Waals surface area contributed by atoms with Crippen LogP contribution in [-0.2, 0) is 32.5 Å². The largest absolute Gasteiger partial charge is 0.358 e. The number of benzene rings is 1. The monoisotopic (exact) mass is 395 g/mol. The van der Waals surface area contributed by atoms with Gasteiger partial charge in [-0.2, -0.15) is 4.31 Å². The van der Waals surface area contributed by atoms with E-state index < -0.39 is 10.0 Å². The zero-order valence-corrected chi connectivity index (χ0v) is 16.4. The molecule has 9 heteroatoms. The predicted octanol–water partition coefficient (Wildman–Crippen LogP) is -2.07. The lowest BCUT2D eigenvalue weighted by Crippen LogP contribution is -3.15. The Hall–Kier alpha value is -1.97. The summed E-state index contributed by atoms with van der Waals surface area (Å²) in [7, 11) is -1.98. The summed E-state index contributed by atoms with van der Waals surface area (Å²) in [5, 5.41) is 5.01. The number of likely N-dealkylation sites (N-methyl/N-ethyl adjacent to an activating group) is 1. The van der Waals surface area contributed by atoms with Crippen LogP contribution in [0.25, 0.3) is 0 Å². The first-order chi connectivity index (χ1) is 12.9. The van der Waals surface area contributed by atoms with Gasteiger partial charge in [-0.15, -0.1) is 0 Å². The van der Waals surface area contributed by atoms with E-state index in [0.29, 0.717) is 31.1 Å². The first-order valence-electron chi connectivity index (χ1n) is 9.33. The number of quaternary nitrogens is 1. The Labute approximate surface area is 160 Å². The van der Waals surface area contributed by atoms with Gasteiger partial charge in [0, 0.05) is 7.05 Å². The Morgan fingerprint density at radius 3 is 2.52 bits per heavy atom. The number of amides is 2. The Morgan fingerprint density at radius 2 is 1.81 bits per heavy atom. The molecule has 0 spiro atoms. The molecule has 1 aliphatic carbocycles. The Morgan fingerprint density at radius 1 is 1.11 bits per heavy atom. The molecule has 2 amide bonds. The molecule has 0 unspecified atom stereocenters. The summed E-state index contributed by atoms with van der Waals surface area (Å²) in [6.07, 6.45) is 3.06. The highest BCUT2D eigenvalue weighted by atomic mass is 32.2. The van der Waals surface area contributed by atoms with Crippen molar-refractivity contribution in [2.75, 3.05) is 46.3 Å². The smallest absolute Gasteiger partial charge is 0.275 e.